The maximum absolute atomic E-state index is 9.45. The zero-order chi connectivity index (χ0) is 13.4. The summed E-state index contributed by atoms with van der Waals surface area (Å²) in [5.74, 6) is 0.963. The molecule has 0 radical (unpaired) electrons. The maximum Gasteiger partial charge on any atom is 0.242 e. The Morgan fingerprint density at radius 2 is 2.22 bits per heavy atom. The van der Waals surface area contributed by atoms with Crippen LogP contribution >= 0.6 is 0 Å². The SMILES string of the molecule is CCCOc1ncnc(NCCC(O)CC)c1N. The van der Waals surface area contributed by atoms with Crippen molar-refractivity contribution in [1.29, 1.82) is 0 Å². The minimum Gasteiger partial charge on any atom is -0.476 e. The summed E-state index contributed by atoms with van der Waals surface area (Å²) in [5, 5.41) is 12.5. The third-order valence-corrected chi connectivity index (χ3v) is 2.53. The largest absolute Gasteiger partial charge is 0.476 e. The number of nitrogen functional groups attached to an aromatic ring is 1. The molecule has 0 bridgehead atoms. The minimum absolute atomic E-state index is 0.295. The molecule has 1 aromatic rings. The highest BCUT2D eigenvalue weighted by Crippen LogP contribution is 2.24. The van der Waals surface area contributed by atoms with Crippen LogP contribution in [0.3, 0.4) is 0 Å². The number of aromatic nitrogens is 2. The van der Waals surface area contributed by atoms with E-state index in [9.17, 15) is 5.11 Å². The van der Waals surface area contributed by atoms with E-state index in [-0.39, 0.29) is 6.10 Å². The van der Waals surface area contributed by atoms with Crippen molar-refractivity contribution in [1.82, 2.24) is 9.97 Å². The topological polar surface area (TPSA) is 93.3 Å². The van der Waals surface area contributed by atoms with Gasteiger partial charge in [0.1, 0.15) is 12.0 Å². The molecule has 1 heterocycles. The summed E-state index contributed by atoms with van der Waals surface area (Å²) in [6.45, 7) is 5.15. The number of hydrogen-bond acceptors (Lipinski definition) is 6. The number of hydrogen-bond donors (Lipinski definition) is 3. The lowest BCUT2D eigenvalue weighted by molar-refractivity contribution is 0.164. The van der Waals surface area contributed by atoms with Gasteiger partial charge in [-0.2, -0.15) is 4.98 Å². The number of aliphatic hydroxyl groups excluding tert-OH is 1. The number of aliphatic hydroxyl groups is 1. The molecule has 0 fully saturated rings. The maximum atomic E-state index is 9.45. The first-order chi connectivity index (χ1) is 8.69. The van der Waals surface area contributed by atoms with Crippen LogP contribution < -0.4 is 15.8 Å². The summed E-state index contributed by atoms with van der Waals surface area (Å²) in [4.78, 5) is 8.05. The van der Waals surface area contributed by atoms with E-state index in [1.165, 1.54) is 6.33 Å². The molecular weight excluding hydrogens is 232 g/mol. The molecule has 1 atom stereocenters. The van der Waals surface area contributed by atoms with Crippen molar-refractivity contribution in [3.63, 3.8) is 0 Å². The quantitative estimate of drug-likeness (QED) is 0.649. The molecule has 0 aliphatic carbocycles. The van der Waals surface area contributed by atoms with Crippen molar-refractivity contribution in [2.45, 2.75) is 39.2 Å². The van der Waals surface area contributed by atoms with Crippen molar-refractivity contribution in [2.75, 3.05) is 24.2 Å². The van der Waals surface area contributed by atoms with Crippen LogP contribution in [0.5, 0.6) is 5.88 Å². The van der Waals surface area contributed by atoms with Crippen LogP contribution in [0.4, 0.5) is 11.5 Å². The summed E-state index contributed by atoms with van der Waals surface area (Å²) in [6.07, 6.45) is 3.42. The standard InChI is InChI=1S/C12H22N4O2/c1-3-7-18-12-10(13)11(15-8-16-12)14-6-5-9(17)4-2/h8-9,17H,3-7,13H2,1-2H3,(H,14,15,16). The molecule has 0 aliphatic rings. The Morgan fingerprint density at radius 3 is 2.89 bits per heavy atom. The second kappa shape index (κ2) is 7.71. The smallest absolute Gasteiger partial charge is 0.242 e. The fourth-order valence-electron chi connectivity index (χ4n) is 1.40. The number of nitrogens with one attached hydrogen (secondary N) is 1. The van der Waals surface area contributed by atoms with Crippen LogP contribution in [0.1, 0.15) is 33.1 Å². The molecule has 0 saturated carbocycles. The van der Waals surface area contributed by atoms with Crippen molar-refractivity contribution in [3.05, 3.63) is 6.33 Å². The van der Waals surface area contributed by atoms with Crippen molar-refractivity contribution >= 4 is 11.5 Å². The van der Waals surface area contributed by atoms with Gasteiger partial charge in [-0.3, -0.25) is 0 Å². The number of ether oxygens (including phenoxy) is 1. The van der Waals surface area contributed by atoms with Gasteiger partial charge in [-0.1, -0.05) is 13.8 Å². The first-order valence-corrected chi connectivity index (χ1v) is 6.34. The summed E-state index contributed by atoms with van der Waals surface area (Å²) in [5.41, 5.74) is 6.31. The van der Waals surface area contributed by atoms with Gasteiger partial charge in [0.05, 0.1) is 12.7 Å². The lowest BCUT2D eigenvalue weighted by Crippen LogP contribution is -2.14. The second-order valence-corrected chi connectivity index (χ2v) is 4.07. The van der Waals surface area contributed by atoms with E-state index in [0.717, 1.165) is 12.8 Å². The Labute approximate surface area is 108 Å². The molecule has 1 rings (SSSR count). The fraction of sp³-hybridized carbons (Fsp3) is 0.667. The van der Waals surface area contributed by atoms with E-state index in [1.54, 1.807) is 0 Å². The lowest BCUT2D eigenvalue weighted by atomic mass is 10.2. The Morgan fingerprint density at radius 1 is 1.44 bits per heavy atom. The molecule has 18 heavy (non-hydrogen) atoms. The van der Waals surface area contributed by atoms with Crippen LogP contribution in [0.2, 0.25) is 0 Å². The van der Waals surface area contributed by atoms with E-state index in [4.69, 9.17) is 10.5 Å². The molecule has 0 aromatic carbocycles. The Bertz CT molecular complexity index is 360. The summed E-state index contributed by atoms with van der Waals surface area (Å²) < 4.78 is 5.41. The summed E-state index contributed by atoms with van der Waals surface area (Å²) in [7, 11) is 0. The average molecular weight is 254 g/mol. The molecular formula is C12H22N4O2. The van der Waals surface area contributed by atoms with Gasteiger partial charge < -0.3 is 20.9 Å². The normalized spacial score (nSPS) is 12.2. The molecule has 6 heteroatoms. The molecule has 0 amide bonds. The summed E-state index contributed by atoms with van der Waals surface area (Å²) >= 11 is 0. The lowest BCUT2D eigenvalue weighted by Gasteiger charge is -2.12. The molecule has 6 nitrogen and oxygen atoms in total. The number of nitrogens with zero attached hydrogens (tertiary/aromatic N) is 2. The van der Waals surface area contributed by atoms with Gasteiger partial charge in [-0.15, -0.1) is 0 Å². The van der Waals surface area contributed by atoms with Gasteiger partial charge in [-0.25, -0.2) is 4.98 Å². The highest BCUT2D eigenvalue weighted by atomic mass is 16.5. The van der Waals surface area contributed by atoms with Gasteiger partial charge in [0.15, 0.2) is 5.82 Å². The molecule has 102 valence electrons. The first kappa shape index (κ1) is 14.5. The predicted octanol–water partition coefficient (Wildman–Crippen LogP) is 1.42. The Balaban J connectivity index is 2.54. The molecule has 0 saturated heterocycles. The predicted molar refractivity (Wildman–Crippen MR) is 71.6 cm³/mol. The van der Waals surface area contributed by atoms with Crippen molar-refractivity contribution < 1.29 is 9.84 Å². The van der Waals surface area contributed by atoms with Crippen LogP contribution in [-0.4, -0.2) is 34.3 Å². The van der Waals surface area contributed by atoms with Crippen LogP contribution in [0, 0.1) is 0 Å². The van der Waals surface area contributed by atoms with Crippen molar-refractivity contribution in [3.8, 4) is 5.88 Å². The second-order valence-electron chi connectivity index (χ2n) is 4.07. The first-order valence-electron chi connectivity index (χ1n) is 6.34. The van der Waals surface area contributed by atoms with Gasteiger partial charge in [0.25, 0.3) is 0 Å². The third-order valence-electron chi connectivity index (χ3n) is 2.53. The van der Waals surface area contributed by atoms with Gasteiger partial charge in [0.2, 0.25) is 5.88 Å². The van der Waals surface area contributed by atoms with Gasteiger partial charge in [0, 0.05) is 6.54 Å². The average Bonchev–Trinajstić information content (AvgIpc) is 2.39. The molecule has 0 spiro atoms. The Hall–Kier alpha value is -1.56. The number of anilines is 2. The van der Waals surface area contributed by atoms with Crippen LogP contribution in [0.25, 0.3) is 0 Å². The van der Waals surface area contributed by atoms with E-state index in [1.807, 2.05) is 13.8 Å². The van der Waals surface area contributed by atoms with E-state index < -0.39 is 0 Å². The molecule has 0 aliphatic heterocycles. The van der Waals surface area contributed by atoms with E-state index in [2.05, 4.69) is 15.3 Å². The molecule has 1 aromatic heterocycles. The highest BCUT2D eigenvalue weighted by molar-refractivity contribution is 5.66. The van der Waals surface area contributed by atoms with E-state index in [0.29, 0.717) is 37.0 Å². The van der Waals surface area contributed by atoms with Crippen LogP contribution in [-0.2, 0) is 0 Å². The molecule has 4 N–H and O–H groups in total. The fourth-order valence-corrected chi connectivity index (χ4v) is 1.40. The van der Waals surface area contributed by atoms with Crippen LogP contribution in [0.15, 0.2) is 6.33 Å². The van der Waals surface area contributed by atoms with Gasteiger partial charge in [-0.05, 0) is 19.3 Å². The number of rotatable bonds is 8. The zero-order valence-corrected chi connectivity index (χ0v) is 11.0. The minimum atomic E-state index is -0.295. The van der Waals surface area contributed by atoms with E-state index >= 15 is 0 Å². The van der Waals surface area contributed by atoms with Crippen molar-refractivity contribution in [2.24, 2.45) is 0 Å². The number of nitrogens with two attached hydrogens (primary N) is 1. The third kappa shape index (κ3) is 4.37. The highest BCUT2D eigenvalue weighted by Gasteiger charge is 2.09. The van der Waals surface area contributed by atoms with Gasteiger partial charge >= 0.3 is 0 Å². The zero-order valence-electron chi connectivity index (χ0n) is 11.0. The Kier molecular flexibility index (Phi) is 6.21. The summed E-state index contributed by atoms with van der Waals surface area (Å²) in [6, 6.07) is 0. The monoisotopic (exact) mass is 254 g/mol. The molecule has 1 unspecified atom stereocenters.